The number of carbonyl (C=O) groups is 3. The van der Waals surface area contributed by atoms with Crippen LogP contribution in [-0.4, -0.2) is 56.6 Å². The number of carbonyl (C=O) groups excluding carboxylic acids is 3. The first kappa shape index (κ1) is 21.6. The van der Waals surface area contributed by atoms with Crippen molar-refractivity contribution in [1.82, 2.24) is 10.6 Å². The van der Waals surface area contributed by atoms with Crippen molar-refractivity contribution < 1.29 is 23.9 Å². The average Bonchev–Trinajstić information content (AvgIpc) is 2.61. The summed E-state index contributed by atoms with van der Waals surface area (Å²) in [7, 11) is 0. The third kappa shape index (κ3) is 9.55. The molecule has 1 aliphatic carbocycles. The minimum Gasteiger partial charge on any atom is -0.381 e. The van der Waals surface area contributed by atoms with Gasteiger partial charge in [0, 0.05) is 38.0 Å². The van der Waals surface area contributed by atoms with Crippen molar-refractivity contribution in [2.24, 2.45) is 5.92 Å². The van der Waals surface area contributed by atoms with Gasteiger partial charge in [0.25, 0.3) is 0 Å². The summed E-state index contributed by atoms with van der Waals surface area (Å²) in [5.41, 5.74) is 0. The van der Waals surface area contributed by atoms with Crippen LogP contribution in [0.15, 0.2) is 0 Å². The summed E-state index contributed by atoms with van der Waals surface area (Å²) in [4.78, 5) is 35.0. The molecule has 1 saturated carbocycles. The SMILES string of the molecule is CCOCCC(=O)NC1CCC(C(=O)NCCOCC(=O)CC)CC1. The van der Waals surface area contributed by atoms with E-state index in [2.05, 4.69) is 10.6 Å². The van der Waals surface area contributed by atoms with Gasteiger partial charge in [-0.05, 0) is 32.6 Å². The van der Waals surface area contributed by atoms with Crippen LogP contribution in [0, 0.1) is 5.92 Å². The highest BCUT2D eigenvalue weighted by Crippen LogP contribution is 2.24. The van der Waals surface area contributed by atoms with Crippen LogP contribution < -0.4 is 10.6 Å². The lowest BCUT2D eigenvalue weighted by molar-refractivity contribution is -0.126. The van der Waals surface area contributed by atoms with E-state index < -0.39 is 0 Å². The molecular weight excluding hydrogens is 324 g/mol. The summed E-state index contributed by atoms with van der Waals surface area (Å²) in [6, 6.07) is 0.154. The van der Waals surface area contributed by atoms with Crippen LogP contribution in [0.1, 0.15) is 52.4 Å². The van der Waals surface area contributed by atoms with E-state index in [4.69, 9.17) is 9.47 Å². The predicted molar refractivity (Wildman–Crippen MR) is 94.1 cm³/mol. The maximum Gasteiger partial charge on any atom is 0.223 e. The van der Waals surface area contributed by atoms with Gasteiger partial charge in [0.15, 0.2) is 5.78 Å². The number of hydrogen-bond acceptors (Lipinski definition) is 5. The molecule has 0 radical (unpaired) electrons. The molecule has 0 saturated heterocycles. The zero-order chi connectivity index (χ0) is 18.5. The summed E-state index contributed by atoms with van der Waals surface area (Å²) in [6.45, 7) is 5.65. The van der Waals surface area contributed by atoms with Gasteiger partial charge in [-0.1, -0.05) is 6.92 Å². The lowest BCUT2D eigenvalue weighted by Crippen LogP contribution is -2.41. The van der Waals surface area contributed by atoms with Crippen molar-refractivity contribution >= 4 is 17.6 Å². The maximum atomic E-state index is 12.1. The normalized spacial score (nSPS) is 20.1. The second-order valence-corrected chi connectivity index (χ2v) is 6.30. The van der Waals surface area contributed by atoms with Crippen LogP contribution in [0.25, 0.3) is 0 Å². The van der Waals surface area contributed by atoms with Crippen LogP contribution in [0.4, 0.5) is 0 Å². The summed E-state index contributed by atoms with van der Waals surface area (Å²) in [5, 5.41) is 5.87. The molecule has 0 aliphatic heterocycles. The van der Waals surface area contributed by atoms with Gasteiger partial charge in [-0.25, -0.2) is 0 Å². The molecule has 1 rings (SSSR count). The van der Waals surface area contributed by atoms with Crippen molar-refractivity contribution in [1.29, 1.82) is 0 Å². The minimum absolute atomic E-state index is 0.00569. The quantitative estimate of drug-likeness (QED) is 0.513. The van der Waals surface area contributed by atoms with Crippen molar-refractivity contribution in [3.63, 3.8) is 0 Å². The smallest absolute Gasteiger partial charge is 0.223 e. The van der Waals surface area contributed by atoms with E-state index in [1.807, 2.05) is 6.92 Å². The van der Waals surface area contributed by atoms with E-state index >= 15 is 0 Å². The number of amides is 2. The van der Waals surface area contributed by atoms with Crippen LogP contribution in [-0.2, 0) is 23.9 Å². The maximum absolute atomic E-state index is 12.1. The van der Waals surface area contributed by atoms with E-state index in [0.717, 1.165) is 25.7 Å². The molecule has 0 atom stereocenters. The standard InChI is InChI=1S/C18H32N2O5/c1-3-16(21)13-25-12-10-19-18(23)14-5-7-15(8-6-14)20-17(22)9-11-24-4-2/h14-15H,3-13H2,1-2H3,(H,19,23)(H,20,22). The topological polar surface area (TPSA) is 93.7 Å². The lowest BCUT2D eigenvalue weighted by Gasteiger charge is -2.28. The van der Waals surface area contributed by atoms with Gasteiger partial charge in [0.2, 0.25) is 11.8 Å². The third-order valence-electron chi connectivity index (χ3n) is 4.34. The van der Waals surface area contributed by atoms with E-state index in [9.17, 15) is 14.4 Å². The first-order valence-electron chi connectivity index (χ1n) is 9.31. The zero-order valence-corrected chi connectivity index (χ0v) is 15.5. The first-order chi connectivity index (χ1) is 12.1. The number of ketones is 1. The second-order valence-electron chi connectivity index (χ2n) is 6.30. The lowest BCUT2D eigenvalue weighted by atomic mass is 9.85. The van der Waals surface area contributed by atoms with E-state index in [1.54, 1.807) is 6.92 Å². The van der Waals surface area contributed by atoms with Crippen LogP contribution >= 0.6 is 0 Å². The predicted octanol–water partition coefficient (Wildman–Crippen LogP) is 1.20. The molecule has 0 aromatic carbocycles. The Morgan fingerprint density at radius 3 is 2.36 bits per heavy atom. The first-order valence-corrected chi connectivity index (χ1v) is 9.31. The van der Waals surface area contributed by atoms with Gasteiger partial charge >= 0.3 is 0 Å². The van der Waals surface area contributed by atoms with Gasteiger partial charge in [0.1, 0.15) is 6.61 Å². The highest BCUT2D eigenvalue weighted by molar-refractivity contribution is 5.79. The number of ether oxygens (including phenoxy) is 2. The summed E-state index contributed by atoms with van der Waals surface area (Å²) in [5.74, 6) is 0.105. The minimum atomic E-state index is -0.00569. The number of hydrogen-bond donors (Lipinski definition) is 2. The van der Waals surface area contributed by atoms with E-state index in [1.165, 1.54) is 0 Å². The monoisotopic (exact) mass is 356 g/mol. The molecule has 2 amide bonds. The largest absolute Gasteiger partial charge is 0.381 e. The molecule has 7 nitrogen and oxygen atoms in total. The molecule has 2 N–H and O–H groups in total. The molecule has 0 heterocycles. The van der Waals surface area contributed by atoms with Gasteiger partial charge in [-0.3, -0.25) is 14.4 Å². The van der Waals surface area contributed by atoms with Crippen LogP contribution in [0.5, 0.6) is 0 Å². The van der Waals surface area contributed by atoms with Gasteiger partial charge in [-0.15, -0.1) is 0 Å². The molecule has 1 fully saturated rings. The summed E-state index contributed by atoms with van der Waals surface area (Å²) >= 11 is 0. The van der Waals surface area contributed by atoms with Crippen molar-refractivity contribution in [2.75, 3.05) is 33.0 Å². The van der Waals surface area contributed by atoms with Gasteiger partial charge < -0.3 is 20.1 Å². The average molecular weight is 356 g/mol. The van der Waals surface area contributed by atoms with E-state index in [-0.39, 0.29) is 36.2 Å². The summed E-state index contributed by atoms with van der Waals surface area (Å²) < 4.78 is 10.4. The molecule has 144 valence electrons. The molecule has 0 spiro atoms. The number of Topliss-reactive ketones (excluding diaryl/α,β-unsaturated/α-hetero) is 1. The molecule has 0 aromatic heterocycles. The molecular formula is C18H32N2O5. The molecule has 25 heavy (non-hydrogen) atoms. The fourth-order valence-corrected chi connectivity index (χ4v) is 2.79. The molecule has 0 aromatic rings. The fourth-order valence-electron chi connectivity index (χ4n) is 2.79. The van der Waals surface area contributed by atoms with Gasteiger partial charge in [0.05, 0.1) is 13.2 Å². The Bertz CT molecular complexity index is 420. The summed E-state index contributed by atoms with van der Waals surface area (Å²) in [6.07, 6.45) is 4.04. The molecule has 0 unspecified atom stereocenters. The zero-order valence-electron chi connectivity index (χ0n) is 15.5. The Morgan fingerprint density at radius 1 is 1.00 bits per heavy atom. The Hall–Kier alpha value is -1.47. The Kier molecular flexibility index (Phi) is 11.1. The third-order valence-corrected chi connectivity index (χ3v) is 4.34. The van der Waals surface area contributed by atoms with Crippen LogP contribution in [0.2, 0.25) is 0 Å². The van der Waals surface area contributed by atoms with Crippen molar-refractivity contribution in [2.45, 2.75) is 58.4 Å². The highest BCUT2D eigenvalue weighted by atomic mass is 16.5. The Balaban J connectivity index is 2.11. The molecule has 1 aliphatic rings. The Labute approximate surface area is 150 Å². The van der Waals surface area contributed by atoms with Crippen molar-refractivity contribution in [3.05, 3.63) is 0 Å². The molecule has 7 heteroatoms. The number of rotatable bonds is 12. The van der Waals surface area contributed by atoms with Crippen LogP contribution in [0.3, 0.4) is 0 Å². The fraction of sp³-hybridized carbons (Fsp3) is 0.833. The van der Waals surface area contributed by atoms with E-state index in [0.29, 0.717) is 39.2 Å². The number of nitrogens with one attached hydrogen (secondary N) is 2. The highest BCUT2D eigenvalue weighted by Gasteiger charge is 2.26. The van der Waals surface area contributed by atoms with Gasteiger partial charge in [-0.2, -0.15) is 0 Å². The second kappa shape index (κ2) is 12.8. The Morgan fingerprint density at radius 2 is 1.72 bits per heavy atom. The molecule has 0 bridgehead atoms. The van der Waals surface area contributed by atoms with Crippen molar-refractivity contribution in [3.8, 4) is 0 Å².